The van der Waals surface area contributed by atoms with E-state index in [1.165, 1.54) is 5.56 Å². The molecule has 5 nitrogen and oxygen atoms in total. The highest BCUT2D eigenvalue weighted by Crippen LogP contribution is 2.14. The molecule has 2 amide bonds. The van der Waals surface area contributed by atoms with Gasteiger partial charge in [-0.15, -0.1) is 0 Å². The van der Waals surface area contributed by atoms with Gasteiger partial charge in [0.25, 0.3) is 5.91 Å². The number of amides is 2. The summed E-state index contributed by atoms with van der Waals surface area (Å²) in [5.74, 6) is 0.386. The van der Waals surface area contributed by atoms with E-state index in [1.807, 2.05) is 60.4 Å². The number of hydrogen-bond acceptors (Lipinski definition) is 3. The van der Waals surface area contributed by atoms with Crippen LogP contribution in [0.1, 0.15) is 35.7 Å². The van der Waals surface area contributed by atoms with Gasteiger partial charge in [0, 0.05) is 38.3 Å². The van der Waals surface area contributed by atoms with E-state index in [9.17, 15) is 9.59 Å². The number of nitrogens with one attached hydrogen (secondary N) is 1. The van der Waals surface area contributed by atoms with Crippen molar-refractivity contribution < 1.29 is 9.59 Å². The van der Waals surface area contributed by atoms with Crippen molar-refractivity contribution in [1.82, 2.24) is 15.1 Å². The summed E-state index contributed by atoms with van der Waals surface area (Å²) >= 11 is 0. The van der Waals surface area contributed by atoms with E-state index in [1.54, 1.807) is 0 Å². The fraction of sp³-hybridized carbons (Fsp3) is 0.391. The van der Waals surface area contributed by atoms with Crippen molar-refractivity contribution in [1.29, 1.82) is 0 Å². The third kappa shape index (κ3) is 4.98. The first-order valence-corrected chi connectivity index (χ1v) is 9.97. The third-order valence-corrected chi connectivity index (χ3v) is 5.50. The molecule has 0 aromatic heterocycles. The molecule has 3 rings (SSSR count). The van der Waals surface area contributed by atoms with Gasteiger partial charge in [0.2, 0.25) is 5.91 Å². The summed E-state index contributed by atoms with van der Waals surface area (Å²) in [6.07, 6.45) is 0. The lowest BCUT2D eigenvalue weighted by Crippen LogP contribution is -2.55. The van der Waals surface area contributed by atoms with Gasteiger partial charge in [0.15, 0.2) is 0 Å². The van der Waals surface area contributed by atoms with Crippen LogP contribution in [0.2, 0.25) is 0 Å². The largest absolute Gasteiger partial charge is 0.354 e. The predicted octanol–water partition coefficient (Wildman–Crippen LogP) is 2.75. The van der Waals surface area contributed by atoms with Gasteiger partial charge in [-0.1, -0.05) is 55.5 Å². The summed E-state index contributed by atoms with van der Waals surface area (Å²) in [5.41, 5.74) is 1.94. The summed E-state index contributed by atoms with van der Waals surface area (Å²) in [7, 11) is 0. The van der Waals surface area contributed by atoms with E-state index < -0.39 is 0 Å². The van der Waals surface area contributed by atoms with Crippen molar-refractivity contribution >= 4 is 11.8 Å². The maximum Gasteiger partial charge on any atom is 0.253 e. The molecule has 2 unspecified atom stereocenters. The van der Waals surface area contributed by atoms with E-state index >= 15 is 0 Å². The molecule has 2 aromatic rings. The standard InChI is InChI=1S/C23H29N3O2/c1-18(20-9-5-3-6-10-20)17-24-22(27)19(2)25-13-15-26(16-14-25)23(28)21-11-7-4-8-12-21/h3-12,18-19H,13-17H2,1-2H3,(H,24,27). The predicted molar refractivity (Wildman–Crippen MR) is 111 cm³/mol. The number of hydrogen-bond donors (Lipinski definition) is 1. The van der Waals surface area contributed by atoms with Crippen LogP contribution in [-0.4, -0.2) is 60.4 Å². The Hall–Kier alpha value is -2.66. The lowest BCUT2D eigenvalue weighted by atomic mass is 10.0. The third-order valence-electron chi connectivity index (χ3n) is 5.50. The van der Waals surface area contributed by atoms with E-state index in [0.29, 0.717) is 32.7 Å². The Morgan fingerprint density at radius 1 is 0.893 bits per heavy atom. The Morgan fingerprint density at radius 3 is 2.07 bits per heavy atom. The van der Waals surface area contributed by atoms with Crippen molar-refractivity contribution in [2.45, 2.75) is 25.8 Å². The van der Waals surface area contributed by atoms with Crippen LogP contribution in [0.3, 0.4) is 0 Å². The molecule has 1 fully saturated rings. The Kier molecular flexibility index (Phi) is 6.82. The van der Waals surface area contributed by atoms with Gasteiger partial charge in [-0.2, -0.15) is 0 Å². The molecular weight excluding hydrogens is 350 g/mol. The van der Waals surface area contributed by atoms with Crippen LogP contribution < -0.4 is 5.32 Å². The van der Waals surface area contributed by atoms with Crippen molar-refractivity contribution in [2.75, 3.05) is 32.7 Å². The minimum absolute atomic E-state index is 0.0469. The zero-order valence-corrected chi connectivity index (χ0v) is 16.7. The van der Waals surface area contributed by atoms with Crippen LogP contribution in [0, 0.1) is 0 Å². The minimum Gasteiger partial charge on any atom is -0.354 e. The van der Waals surface area contributed by atoms with Crippen LogP contribution in [0.4, 0.5) is 0 Å². The molecule has 0 aliphatic carbocycles. The van der Waals surface area contributed by atoms with Gasteiger partial charge < -0.3 is 10.2 Å². The Morgan fingerprint density at radius 2 is 1.46 bits per heavy atom. The topological polar surface area (TPSA) is 52.7 Å². The number of carbonyl (C=O) groups excluding carboxylic acids is 2. The molecule has 5 heteroatoms. The van der Waals surface area contributed by atoms with Crippen LogP contribution in [0.15, 0.2) is 60.7 Å². The number of rotatable bonds is 6. The average Bonchev–Trinajstić information content (AvgIpc) is 2.77. The van der Waals surface area contributed by atoms with Gasteiger partial charge in [-0.05, 0) is 30.5 Å². The molecule has 28 heavy (non-hydrogen) atoms. The van der Waals surface area contributed by atoms with Crippen LogP contribution in [0.5, 0.6) is 0 Å². The molecule has 148 valence electrons. The number of nitrogens with zero attached hydrogens (tertiary/aromatic N) is 2. The van der Waals surface area contributed by atoms with Gasteiger partial charge in [0.1, 0.15) is 0 Å². The molecule has 0 spiro atoms. The molecule has 1 N–H and O–H groups in total. The molecule has 1 heterocycles. The zero-order valence-electron chi connectivity index (χ0n) is 16.7. The van der Waals surface area contributed by atoms with E-state index in [0.717, 1.165) is 5.56 Å². The van der Waals surface area contributed by atoms with Gasteiger partial charge in [-0.3, -0.25) is 14.5 Å². The molecule has 0 radical (unpaired) electrons. The molecule has 0 bridgehead atoms. The van der Waals surface area contributed by atoms with Crippen LogP contribution in [-0.2, 0) is 4.79 Å². The maximum atomic E-state index is 12.6. The van der Waals surface area contributed by atoms with Gasteiger partial charge in [-0.25, -0.2) is 0 Å². The van der Waals surface area contributed by atoms with E-state index in [-0.39, 0.29) is 23.8 Å². The fourth-order valence-corrected chi connectivity index (χ4v) is 3.54. The molecule has 2 aromatic carbocycles. The first kappa shape index (κ1) is 20.1. The second kappa shape index (κ2) is 9.51. The highest BCUT2D eigenvalue weighted by Gasteiger charge is 2.27. The lowest BCUT2D eigenvalue weighted by molar-refractivity contribution is -0.126. The first-order valence-electron chi connectivity index (χ1n) is 9.97. The second-order valence-corrected chi connectivity index (χ2v) is 7.43. The van der Waals surface area contributed by atoms with Crippen molar-refractivity contribution in [2.24, 2.45) is 0 Å². The minimum atomic E-state index is -0.197. The Bertz CT molecular complexity index is 771. The normalized spacial score (nSPS) is 17.0. The van der Waals surface area contributed by atoms with Crippen molar-refractivity contribution in [3.63, 3.8) is 0 Å². The van der Waals surface area contributed by atoms with Gasteiger partial charge >= 0.3 is 0 Å². The Balaban J connectivity index is 1.46. The lowest BCUT2D eigenvalue weighted by Gasteiger charge is -2.37. The number of carbonyl (C=O) groups is 2. The maximum absolute atomic E-state index is 12.6. The summed E-state index contributed by atoms with van der Waals surface area (Å²) in [6.45, 7) is 7.39. The summed E-state index contributed by atoms with van der Waals surface area (Å²) in [5, 5.41) is 3.08. The van der Waals surface area contributed by atoms with Crippen molar-refractivity contribution in [3.8, 4) is 0 Å². The fourth-order valence-electron chi connectivity index (χ4n) is 3.54. The van der Waals surface area contributed by atoms with Crippen molar-refractivity contribution in [3.05, 3.63) is 71.8 Å². The van der Waals surface area contributed by atoms with Crippen LogP contribution in [0.25, 0.3) is 0 Å². The highest BCUT2D eigenvalue weighted by atomic mass is 16.2. The molecule has 0 saturated carbocycles. The molecule has 1 saturated heterocycles. The van der Waals surface area contributed by atoms with E-state index in [2.05, 4.69) is 29.3 Å². The second-order valence-electron chi connectivity index (χ2n) is 7.43. The molecular formula is C23H29N3O2. The zero-order chi connectivity index (χ0) is 19.9. The highest BCUT2D eigenvalue weighted by molar-refractivity contribution is 5.94. The first-order chi connectivity index (χ1) is 13.6. The average molecular weight is 380 g/mol. The number of piperazine rings is 1. The molecule has 1 aliphatic heterocycles. The SMILES string of the molecule is CC(CNC(=O)C(C)N1CCN(C(=O)c2ccccc2)CC1)c1ccccc1. The number of benzene rings is 2. The monoisotopic (exact) mass is 379 g/mol. The molecule has 2 atom stereocenters. The van der Waals surface area contributed by atoms with E-state index in [4.69, 9.17) is 0 Å². The Labute approximate surface area is 167 Å². The quantitative estimate of drug-likeness (QED) is 0.840. The summed E-state index contributed by atoms with van der Waals surface area (Å²) < 4.78 is 0. The van der Waals surface area contributed by atoms with Gasteiger partial charge in [0.05, 0.1) is 6.04 Å². The summed E-state index contributed by atoms with van der Waals surface area (Å²) in [6, 6.07) is 19.4. The smallest absolute Gasteiger partial charge is 0.253 e. The molecule has 1 aliphatic rings. The summed E-state index contributed by atoms with van der Waals surface area (Å²) in [4.78, 5) is 29.2. The van der Waals surface area contributed by atoms with Crippen LogP contribution >= 0.6 is 0 Å².